The van der Waals surface area contributed by atoms with Gasteiger partial charge in [-0.15, -0.1) is 0 Å². The highest BCUT2D eigenvalue weighted by atomic mass is 16.4. The summed E-state index contributed by atoms with van der Waals surface area (Å²) in [5.74, 6) is -0.164. The fourth-order valence-electron chi connectivity index (χ4n) is 4.37. The van der Waals surface area contributed by atoms with Gasteiger partial charge in [0.15, 0.2) is 0 Å². The zero-order valence-electron chi connectivity index (χ0n) is 23.5. The van der Waals surface area contributed by atoms with E-state index < -0.39 is 41.3 Å². The molecule has 0 aliphatic rings. The summed E-state index contributed by atoms with van der Waals surface area (Å²) in [6, 6.07) is 17.9. The van der Waals surface area contributed by atoms with Gasteiger partial charge in [-0.25, -0.2) is 4.79 Å². The molecule has 0 spiro atoms. The van der Waals surface area contributed by atoms with Gasteiger partial charge in [0.25, 0.3) is 0 Å². The highest BCUT2D eigenvalue weighted by Crippen LogP contribution is 2.23. The molecule has 2 aromatic rings. The summed E-state index contributed by atoms with van der Waals surface area (Å²) in [4.78, 5) is 26.2. The lowest BCUT2D eigenvalue weighted by Gasteiger charge is -2.42. The third-order valence-corrected chi connectivity index (χ3v) is 6.46. The normalized spacial score (nSPS) is 15.3. The van der Waals surface area contributed by atoms with Crippen molar-refractivity contribution in [3.05, 3.63) is 71.8 Å². The van der Waals surface area contributed by atoms with Crippen molar-refractivity contribution in [1.82, 2.24) is 15.5 Å². The van der Waals surface area contributed by atoms with Crippen molar-refractivity contribution >= 4 is 12.0 Å². The second kappa shape index (κ2) is 13.7. The van der Waals surface area contributed by atoms with Crippen LogP contribution >= 0.6 is 0 Å². The Morgan fingerprint density at radius 2 is 1.26 bits per heavy atom. The summed E-state index contributed by atoms with van der Waals surface area (Å²) in [7, 11) is 0. The van der Waals surface area contributed by atoms with Crippen molar-refractivity contribution < 1.29 is 24.9 Å². The van der Waals surface area contributed by atoms with Crippen molar-refractivity contribution in [3.8, 4) is 0 Å². The number of hydrogen-bond acceptors (Lipinski definition) is 5. The zero-order chi connectivity index (χ0) is 28.5. The highest BCUT2D eigenvalue weighted by Gasteiger charge is 2.37. The predicted molar refractivity (Wildman–Crippen MR) is 150 cm³/mol. The third kappa shape index (κ3) is 9.74. The van der Waals surface area contributed by atoms with E-state index in [1.807, 2.05) is 81.4 Å². The van der Waals surface area contributed by atoms with E-state index in [1.165, 1.54) is 4.90 Å². The van der Waals surface area contributed by atoms with Crippen LogP contribution in [0, 0.1) is 5.41 Å². The Hall–Kier alpha value is -2.94. The first-order valence-corrected chi connectivity index (χ1v) is 13.2. The smallest absolute Gasteiger partial charge is 0.408 e. The van der Waals surface area contributed by atoms with Gasteiger partial charge < -0.3 is 26.0 Å². The molecule has 0 saturated heterocycles. The fraction of sp³-hybridized carbons (Fsp3) is 0.533. The van der Waals surface area contributed by atoms with Gasteiger partial charge in [0.1, 0.15) is 0 Å². The van der Waals surface area contributed by atoms with E-state index in [1.54, 1.807) is 20.8 Å². The summed E-state index contributed by atoms with van der Waals surface area (Å²) in [5, 5.41) is 38.3. The van der Waals surface area contributed by atoms with Crippen molar-refractivity contribution in [2.24, 2.45) is 5.41 Å². The first kappa shape index (κ1) is 31.3. The number of benzene rings is 2. The molecule has 0 unspecified atom stereocenters. The number of amides is 2. The molecule has 210 valence electrons. The number of nitrogens with zero attached hydrogens (tertiary/aromatic N) is 1. The minimum atomic E-state index is -1.11. The molecular formula is C30H45N3O5. The monoisotopic (exact) mass is 527 g/mol. The minimum absolute atomic E-state index is 0.0691. The number of carbonyl (C=O) groups is 2. The summed E-state index contributed by atoms with van der Waals surface area (Å²) in [6.07, 6.45) is -2.28. The summed E-state index contributed by atoms with van der Waals surface area (Å²) >= 11 is 0. The quantitative estimate of drug-likeness (QED) is 0.288. The van der Waals surface area contributed by atoms with Crippen LogP contribution in [-0.4, -0.2) is 75.1 Å². The Labute approximate surface area is 227 Å². The van der Waals surface area contributed by atoms with Crippen molar-refractivity contribution in [2.75, 3.05) is 13.1 Å². The Morgan fingerprint density at radius 1 is 0.789 bits per heavy atom. The number of rotatable bonds is 12. The van der Waals surface area contributed by atoms with E-state index in [-0.39, 0.29) is 19.0 Å². The topological polar surface area (TPSA) is 122 Å². The Kier molecular flexibility index (Phi) is 11.3. The van der Waals surface area contributed by atoms with Crippen molar-refractivity contribution in [2.45, 2.75) is 84.2 Å². The van der Waals surface area contributed by atoms with Crippen LogP contribution in [0.4, 0.5) is 4.79 Å². The molecule has 0 aliphatic heterocycles. The van der Waals surface area contributed by atoms with Gasteiger partial charge in [-0.3, -0.25) is 9.69 Å². The van der Waals surface area contributed by atoms with Gasteiger partial charge >= 0.3 is 6.09 Å². The van der Waals surface area contributed by atoms with Crippen molar-refractivity contribution in [1.29, 1.82) is 0 Å². The van der Waals surface area contributed by atoms with Crippen molar-refractivity contribution in [3.63, 3.8) is 0 Å². The van der Waals surface area contributed by atoms with Gasteiger partial charge in [0.2, 0.25) is 5.91 Å². The minimum Gasteiger partial charge on any atom is -0.465 e. The van der Waals surface area contributed by atoms with Gasteiger partial charge in [0.05, 0.1) is 24.3 Å². The van der Waals surface area contributed by atoms with E-state index in [2.05, 4.69) is 10.6 Å². The SMILES string of the molecule is CC(C)(C)C(=O)N[C@@H](Cc1ccccc1)[C@H](O)CNC[C@@H](O)[C@H](Cc1ccccc1)N(C(=O)O)C(C)(C)C. The lowest BCUT2D eigenvalue weighted by molar-refractivity contribution is -0.130. The van der Waals surface area contributed by atoms with E-state index in [4.69, 9.17) is 0 Å². The molecule has 8 heteroatoms. The molecule has 0 saturated carbocycles. The first-order valence-electron chi connectivity index (χ1n) is 13.2. The van der Waals surface area contributed by atoms with Gasteiger partial charge in [-0.1, -0.05) is 81.4 Å². The molecule has 2 aromatic carbocycles. The maximum Gasteiger partial charge on any atom is 0.408 e. The van der Waals surface area contributed by atoms with E-state index in [9.17, 15) is 24.9 Å². The molecule has 2 rings (SSSR count). The lowest BCUT2D eigenvalue weighted by Crippen LogP contribution is -2.58. The molecule has 5 N–H and O–H groups in total. The Morgan fingerprint density at radius 3 is 1.71 bits per heavy atom. The molecule has 0 radical (unpaired) electrons. The summed E-state index contributed by atoms with van der Waals surface area (Å²) < 4.78 is 0. The third-order valence-electron chi connectivity index (χ3n) is 6.46. The van der Waals surface area contributed by atoms with Crippen LogP contribution in [0.5, 0.6) is 0 Å². The molecule has 0 bridgehead atoms. The largest absolute Gasteiger partial charge is 0.465 e. The number of carboxylic acid groups (broad SMARTS) is 1. The number of aliphatic hydroxyl groups is 2. The molecule has 4 atom stereocenters. The molecule has 0 heterocycles. The molecule has 0 aromatic heterocycles. The molecule has 38 heavy (non-hydrogen) atoms. The fourth-order valence-corrected chi connectivity index (χ4v) is 4.37. The van der Waals surface area contributed by atoms with E-state index in [0.29, 0.717) is 12.8 Å². The summed E-state index contributed by atoms with van der Waals surface area (Å²) in [6.45, 7) is 11.0. The van der Waals surface area contributed by atoms with Crippen LogP contribution in [0.2, 0.25) is 0 Å². The number of aliphatic hydroxyl groups excluding tert-OH is 2. The second-order valence-corrected chi connectivity index (χ2v) is 11.9. The predicted octanol–water partition coefficient (Wildman–Crippen LogP) is 3.46. The molecule has 2 amide bonds. The highest BCUT2D eigenvalue weighted by molar-refractivity contribution is 5.81. The van der Waals surface area contributed by atoms with E-state index >= 15 is 0 Å². The number of hydrogen-bond donors (Lipinski definition) is 5. The zero-order valence-corrected chi connectivity index (χ0v) is 23.5. The first-order chi connectivity index (χ1) is 17.7. The van der Waals surface area contributed by atoms with Crippen LogP contribution in [0.1, 0.15) is 52.7 Å². The van der Waals surface area contributed by atoms with Crippen LogP contribution in [0.25, 0.3) is 0 Å². The van der Waals surface area contributed by atoms with Gasteiger partial charge in [-0.2, -0.15) is 0 Å². The van der Waals surface area contributed by atoms with Crippen LogP contribution in [0.15, 0.2) is 60.7 Å². The summed E-state index contributed by atoms with van der Waals surface area (Å²) in [5.41, 5.74) is 0.552. The lowest BCUT2D eigenvalue weighted by atomic mass is 9.93. The van der Waals surface area contributed by atoms with Gasteiger partial charge in [-0.05, 0) is 44.7 Å². The maximum atomic E-state index is 12.7. The average molecular weight is 528 g/mol. The standard InChI is InChI=1S/C30H45N3O5/c1-29(2,3)27(36)32-23(17-21-13-9-7-10-14-21)25(34)19-31-20-26(35)24(18-22-15-11-8-12-16-22)33(28(37)38)30(4,5)6/h7-16,23-26,31,34-35H,17-20H2,1-6H3,(H,32,36)(H,37,38)/t23-,24-,25+,26+/m0/s1. The Bertz CT molecular complexity index is 1000. The molecular weight excluding hydrogens is 482 g/mol. The van der Waals surface area contributed by atoms with Crippen LogP contribution in [0.3, 0.4) is 0 Å². The second-order valence-electron chi connectivity index (χ2n) is 11.9. The number of nitrogens with one attached hydrogen (secondary N) is 2. The van der Waals surface area contributed by atoms with Gasteiger partial charge in [0, 0.05) is 24.0 Å². The molecule has 0 aliphatic carbocycles. The average Bonchev–Trinajstić information content (AvgIpc) is 2.82. The Balaban J connectivity index is 2.13. The molecule has 8 nitrogen and oxygen atoms in total. The van der Waals surface area contributed by atoms with Crippen LogP contribution in [-0.2, 0) is 17.6 Å². The van der Waals surface area contributed by atoms with Crippen LogP contribution < -0.4 is 10.6 Å². The van der Waals surface area contributed by atoms with E-state index in [0.717, 1.165) is 11.1 Å². The maximum absolute atomic E-state index is 12.7. The molecule has 0 fully saturated rings. The number of carbonyl (C=O) groups excluding carboxylic acids is 1.